The van der Waals surface area contributed by atoms with Crippen molar-refractivity contribution >= 4 is 26.9 Å². The molecule has 3 rings (SSSR count). The van der Waals surface area contributed by atoms with Crippen LogP contribution in [-0.4, -0.2) is 54.6 Å². The van der Waals surface area contributed by atoms with Gasteiger partial charge in [-0.3, -0.25) is 9.78 Å². The SMILES string of the molecule is COCC1(C(=O)O)CCCN1S(=O)(=O)Cc1cccc2cccnc12. The van der Waals surface area contributed by atoms with Gasteiger partial charge in [0.2, 0.25) is 10.0 Å². The Labute approximate surface area is 146 Å². The Morgan fingerprint density at radius 2 is 2.12 bits per heavy atom. The zero-order valence-corrected chi connectivity index (χ0v) is 14.7. The van der Waals surface area contributed by atoms with E-state index in [0.717, 1.165) is 9.69 Å². The lowest BCUT2D eigenvalue weighted by Gasteiger charge is -2.33. The van der Waals surface area contributed by atoms with Gasteiger partial charge in [-0.1, -0.05) is 24.3 Å². The molecule has 1 aliphatic rings. The number of sulfonamides is 1. The van der Waals surface area contributed by atoms with Gasteiger partial charge < -0.3 is 9.84 Å². The summed E-state index contributed by atoms with van der Waals surface area (Å²) in [6.45, 7) is 0.00549. The number of aliphatic carboxylic acids is 1. The van der Waals surface area contributed by atoms with E-state index in [9.17, 15) is 18.3 Å². The topological polar surface area (TPSA) is 96.8 Å². The van der Waals surface area contributed by atoms with E-state index in [1.54, 1.807) is 24.4 Å². The molecule has 1 aliphatic heterocycles. The van der Waals surface area contributed by atoms with E-state index in [4.69, 9.17) is 4.74 Å². The number of carboxylic acids is 1. The maximum atomic E-state index is 13.0. The Kier molecular flexibility index (Phi) is 4.77. The number of rotatable bonds is 6. The van der Waals surface area contributed by atoms with Crippen LogP contribution in [0.1, 0.15) is 18.4 Å². The van der Waals surface area contributed by atoms with E-state index < -0.39 is 21.5 Å². The summed E-state index contributed by atoms with van der Waals surface area (Å²) in [4.78, 5) is 16.1. The zero-order chi connectivity index (χ0) is 18.1. The van der Waals surface area contributed by atoms with Crippen molar-refractivity contribution < 1.29 is 23.1 Å². The van der Waals surface area contributed by atoms with Crippen LogP contribution in [0.3, 0.4) is 0 Å². The highest BCUT2D eigenvalue weighted by atomic mass is 32.2. The van der Waals surface area contributed by atoms with Crippen LogP contribution in [0.15, 0.2) is 36.5 Å². The second-order valence-corrected chi connectivity index (χ2v) is 8.09. The van der Waals surface area contributed by atoms with Crippen LogP contribution in [-0.2, 0) is 25.3 Å². The molecule has 0 bridgehead atoms. The number of aromatic nitrogens is 1. The van der Waals surface area contributed by atoms with Gasteiger partial charge in [-0.05, 0) is 24.5 Å². The summed E-state index contributed by atoms with van der Waals surface area (Å²) in [7, 11) is -2.47. The summed E-state index contributed by atoms with van der Waals surface area (Å²) in [6, 6.07) is 9.00. The average Bonchev–Trinajstić information content (AvgIpc) is 3.01. The first-order chi connectivity index (χ1) is 11.9. The second kappa shape index (κ2) is 6.70. The molecular weight excluding hydrogens is 344 g/mol. The zero-order valence-electron chi connectivity index (χ0n) is 13.9. The molecule has 2 heterocycles. The van der Waals surface area contributed by atoms with Gasteiger partial charge in [0.15, 0.2) is 5.54 Å². The van der Waals surface area contributed by atoms with Gasteiger partial charge in [0.05, 0.1) is 17.9 Å². The molecule has 2 aromatic rings. The van der Waals surface area contributed by atoms with E-state index in [1.165, 1.54) is 7.11 Å². The van der Waals surface area contributed by atoms with E-state index in [-0.39, 0.29) is 25.3 Å². The third-order valence-electron chi connectivity index (χ3n) is 4.60. The standard InChI is InChI=1S/C17H20N2O5S/c1-24-12-17(16(20)21)8-4-10-19(17)25(22,23)11-14-6-2-5-13-7-3-9-18-15(13)14/h2-3,5-7,9H,4,8,10-12H2,1H3,(H,20,21). The summed E-state index contributed by atoms with van der Waals surface area (Å²) in [5.41, 5.74) is -0.367. The fourth-order valence-corrected chi connectivity index (χ4v) is 5.42. The molecule has 7 nitrogen and oxygen atoms in total. The Morgan fingerprint density at radius 1 is 1.36 bits per heavy atom. The van der Waals surface area contributed by atoms with Gasteiger partial charge >= 0.3 is 5.97 Å². The van der Waals surface area contributed by atoms with E-state index >= 15 is 0 Å². The third kappa shape index (κ3) is 3.12. The minimum absolute atomic E-state index is 0.171. The predicted molar refractivity (Wildman–Crippen MR) is 92.5 cm³/mol. The number of ether oxygens (including phenoxy) is 1. The number of hydrogen-bond donors (Lipinski definition) is 1. The highest BCUT2D eigenvalue weighted by Gasteiger charge is 2.53. The maximum absolute atomic E-state index is 13.0. The molecular formula is C17H20N2O5S. The van der Waals surface area contributed by atoms with Gasteiger partial charge in [-0.15, -0.1) is 0 Å². The van der Waals surface area contributed by atoms with Gasteiger partial charge in [-0.2, -0.15) is 4.31 Å². The first-order valence-corrected chi connectivity index (χ1v) is 9.57. The van der Waals surface area contributed by atoms with Gasteiger partial charge in [0.1, 0.15) is 0 Å². The quantitative estimate of drug-likeness (QED) is 0.837. The molecule has 1 N–H and O–H groups in total. The maximum Gasteiger partial charge on any atom is 0.327 e. The molecule has 1 atom stereocenters. The average molecular weight is 364 g/mol. The Hall–Kier alpha value is -2.03. The van der Waals surface area contributed by atoms with Gasteiger partial charge in [0.25, 0.3) is 0 Å². The lowest BCUT2D eigenvalue weighted by molar-refractivity contribution is -0.150. The number of hydrogen-bond acceptors (Lipinski definition) is 5. The molecule has 0 spiro atoms. The molecule has 0 amide bonds. The molecule has 0 saturated carbocycles. The summed E-state index contributed by atoms with van der Waals surface area (Å²) in [5.74, 6) is -1.47. The fourth-order valence-electron chi connectivity index (χ4n) is 3.48. The van der Waals surface area contributed by atoms with Crippen molar-refractivity contribution in [1.82, 2.24) is 9.29 Å². The Balaban J connectivity index is 1.99. The molecule has 0 aliphatic carbocycles. The number of pyridine rings is 1. The van der Waals surface area contributed by atoms with Crippen molar-refractivity contribution in [3.63, 3.8) is 0 Å². The van der Waals surface area contributed by atoms with Crippen LogP contribution < -0.4 is 0 Å². The highest BCUT2D eigenvalue weighted by molar-refractivity contribution is 7.88. The van der Waals surface area contributed by atoms with Crippen LogP contribution in [0.4, 0.5) is 0 Å². The minimum atomic E-state index is -3.85. The van der Waals surface area contributed by atoms with Gasteiger partial charge in [-0.25, -0.2) is 8.42 Å². The number of methoxy groups -OCH3 is 1. The third-order valence-corrected chi connectivity index (χ3v) is 6.48. The first kappa shape index (κ1) is 17.8. The molecule has 0 radical (unpaired) electrons. The van der Waals surface area contributed by atoms with Crippen molar-refractivity contribution in [3.05, 3.63) is 42.1 Å². The number of para-hydroxylation sites is 1. The number of benzene rings is 1. The van der Waals surface area contributed by atoms with Gasteiger partial charge in [0, 0.05) is 25.2 Å². The Morgan fingerprint density at radius 3 is 2.84 bits per heavy atom. The van der Waals surface area contributed by atoms with Crippen LogP contribution in [0.25, 0.3) is 10.9 Å². The summed E-state index contributed by atoms with van der Waals surface area (Å²) >= 11 is 0. The number of carbonyl (C=O) groups is 1. The summed E-state index contributed by atoms with van der Waals surface area (Å²) in [6.07, 6.45) is 2.34. The predicted octanol–water partition coefficient (Wildman–Crippen LogP) is 1.63. The van der Waals surface area contributed by atoms with Crippen molar-refractivity contribution in [2.75, 3.05) is 20.3 Å². The van der Waals surface area contributed by atoms with E-state index in [2.05, 4.69) is 4.98 Å². The molecule has 8 heteroatoms. The molecule has 1 aromatic carbocycles. The fraction of sp³-hybridized carbons (Fsp3) is 0.412. The van der Waals surface area contributed by atoms with Crippen molar-refractivity contribution in [2.24, 2.45) is 0 Å². The number of carboxylic acid groups (broad SMARTS) is 1. The van der Waals surface area contributed by atoms with E-state index in [1.807, 2.05) is 12.1 Å². The summed E-state index contributed by atoms with van der Waals surface area (Å²) < 4.78 is 32.2. The first-order valence-electron chi connectivity index (χ1n) is 7.96. The monoisotopic (exact) mass is 364 g/mol. The van der Waals surface area contributed by atoms with Crippen molar-refractivity contribution in [3.8, 4) is 0 Å². The minimum Gasteiger partial charge on any atom is -0.480 e. The molecule has 1 aromatic heterocycles. The van der Waals surface area contributed by atoms with Crippen LogP contribution in [0.2, 0.25) is 0 Å². The van der Waals surface area contributed by atoms with Crippen LogP contribution >= 0.6 is 0 Å². The lowest BCUT2D eigenvalue weighted by atomic mass is 9.99. The molecule has 134 valence electrons. The molecule has 1 fully saturated rings. The van der Waals surface area contributed by atoms with E-state index in [0.29, 0.717) is 17.5 Å². The highest BCUT2D eigenvalue weighted by Crippen LogP contribution is 2.34. The number of nitrogens with zero attached hydrogens (tertiary/aromatic N) is 2. The lowest BCUT2D eigenvalue weighted by Crippen LogP contribution is -2.56. The second-order valence-electron chi connectivity index (χ2n) is 6.19. The van der Waals surface area contributed by atoms with Crippen LogP contribution in [0, 0.1) is 0 Å². The molecule has 25 heavy (non-hydrogen) atoms. The van der Waals surface area contributed by atoms with Crippen molar-refractivity contribution in [2.45, 2.75) is 24.1 Å². The largest absolute Gasteiger partial charge is 0.480 e. The Bertz CT molecular complexity index is 894. The molecule has 1 unspecified atom stereocenters. The normalized spacial score (nSPS) is 21.6. The van der Waals surface area contributed by atoms with Crippen molar-refractivity contribution in [1.29, 1.82) is 0 Å². The van der Waals surface area contributed by atoms with Crippen LogP contribution in [0.5, 0.6) is 0 Å². The molecule has 1 saturated heterocycles. The smallest absolute Gasteiger partial charge is 0.327 e. The summed E-state index contributed by atoms with van der Waals surface area (Å²) in [5, 5.41) is 10.5. The number of fused-ring (bicyclic) bond motifs is 1.